The molecule has 1 saturated carbocycles. The van der Waals surface area contributed by atoms with E-state index in [2.05, 4.69) is 10.4 Å². The van der Waals surface area contributed by atoms with Crippen molar-refractivity contribution in [1.82, 2.24) is 14.3 Å². The fourth-order valence-corrected chi connectivity index (χ4v) is 4.66. The van der Waals surface area contributed by atoms with E-state index >= 15 is 0 Å². The van der Waals surface area contributed by atoms with Gasteiger partial charge in [-0.2, -0.15) is 18.3 Å². The van der Waals surface area contributed by atoms with Gasteiger partial charge in [-0.05, 0) is 19.4 Å². The molecule has 7 nitrogen and oxygen atoms in total. The van der Waals surface area contributed by atoms with Crippen LogP contribution in [0.15, 0.2) is 40.1 Å². The molecule has 0 bridgehead atoms. The van der Waals surface area contributed by atoms with E-state index in [4.69, 9.17) is 4.74 Å². The van der Waals surface area contributed by atoms with Crippen molar-refractivity contribution in [1.29, 1.82) is 0 Å². The van der Waals surface area contributed by atoms with Gasteiger partial charge in [-0.1, -0.05) is 12.1 Å². The van der Waals surface area contributed by atoms with Gasteiger partial charge >= 0.3 is 6.18 Å². The molecule has 5 rings (SSSR count). The van der Waals surface area contributed by atoms with Crippen molar-refractivity contribution in [3.05, 3.63) is 68.1 Å². The zero-order chi connectivity index (χ0) is 23.7. The lowest BCUT2D eigenvalue weighted by Gasteiger charge is -2.21. The predicted octanol–water partition coefficient (Wildman–Crippen LogP) is 3.17. The van der Waals surface area contributed by atoms with Gasteiger partial charge in [0, 0.05) is 36.2 Å². The van der Waals surface area contributed by atoms with E-state index in [1.165, 1.54) is 32.3 Å². The SMILES string of the molecule is C[C@@H](Nc1nn(C)c(=O)c2cc(=O)n(C34COCC3C4)cc12)c1cccc(C(F)(F)F)c1F. The minimum Gasteiger partial charge on any atom is -0.379 e. The van der Waals surface area contributed by atoms with Gasteiger partial charge in [0.1, 0.15) is 5.82 Å². The number of hydrogen-bond donors (Lipinski definition) is 1. The summed E-state index contributed by atoms with van der Waals surface area (Å²) < 4.78 is 62.2. The molecule has 1 N–H and O–H groups in total. The van der Waals surface area contributed by atoms with Crippen LogP contribution in [0.1, 0.15) is 30.5 Å². The van der Waals surface area contributed by atoms with Crippen LogP contribution in [0.4, 0.5) is 23.4 Å². The first-order valence-corrected chi connectivity index (χ1v) is 10.4. The van der Waals surface area contributed by atoms with Gasteiger partial charge in [-0.25, -0.2) is 9.07 Å². The second kappa shape index (κ2) is 7.14. The topological polar surface area (TPSA) is 78.2 Å². The molecule has 1 saturated heterocycles. The maximum absolute atomic E-state index is 14.7. The molecule has 2 aliphatic rings. The number of aromatic nitrogens is 3. The number of fused-ring (bicyclic) bond motifs is 2. The van der Waals surface area contributed by atoms with E-state index in [0.29, 0.717) is 24.7 Å². The Kier molecular flexibility index (Phi) is 4.68. The lowest BCUT2D eigenvalue weighted by Crippen LogP contribution is -2.33. The minimum absolute atomic E-state index is 0.112. The maximum atomic E-state index is 14.7. The van der Waals surface area contributed by atoms with Crippen molar-refractivity contribution in [2.24, 2.45) is 13.0 Å². The molecule has 3 heterocycles. The van der Waals surface area contributed by atoms with Crippen LogP contribution in [0.2, 0.25) is 0 Å². The number of alkyl halides is 3. The second-order valence-electron chi connectivity index (χ2n) is 8.68. The molecule has 2 unspecified atom stereocenters. The number of rotatable bonds is 4. The monoisotopic (exact) mass is 464 g/mol. The fraction of sp³-hybridized carbons (Fsp3) is 0.409. The number of hydrogen-bond acceptors (Lipinski definition) is 5. The summed E-state index contributed by atoms with van der Waals surface area (Å²) in [6.45, 7) is 2.43. The number of ether oxygens (including phenoxy) is 1. The highest BCUT2D eigenvalue weighted by Crippen LogP contribution is 2.54. The fourth-order valence-electron chi connectivity index (χ4n) is 4.66. The number of halogens is 4. The second-order valence-corrected chi connectivity index (χ2v) is 8.68. The predicted molar refractivity (Wildman–Crippen MR) is 112 cm³/mol. The molecule has 1 aromatic carbocycles. The summed E-state index contributed by atoms with van der Waals surface area (Å²) in [5, 5.41) is 7.56. The Bertz CT molecular complexity index is 1400. The third kappa shape index (κ3) is 3.33. The maximum Gasteiger partial charge on any atom is 0.419 e. The van der Waals surface area contributed by atoms with Crippen molar-refractivity contribution in [2.75, 3.05) is 18.5 Å². The zero-order valence-corrected chi connectivity index (χ0v) is 17.7. The standard InChI is InChI=1S/C22H20F4N4O3/c1-11(13-4-3-5-16(18(13)23)22(24,25)26)27-19-15-8-30(21-7-12(21)9-33-10-21)17(31)6-14(15)20(32)29(2)28-19/h3-6,8,11-12H,7,9-10H2,1-2H3,(H,27,28)/t11-,12?,21?/m1/s1. The van der Waals surface area contributed by atoms with Crippen LogP contribution in [-0.4, -0.2) is 27.6 Å². The number of pyridine rings is 1. The van der Waals surface area contributed by atoms with Crippen LogP contribution < -0.4 is 16.4 Å². The molecule has 1 aliphatic heterocycles. The van der Waals surface area contributed by atoms with E-state index < -0.39 is 34.7 Å². The summed E-state index contributed by atoms with van der Waals surface area (Å²) in [7, 11) is 1.40. The Morgan fingerprint density at radius 1 is 1.27 bits per heavy atom. The Hall–Kier alpha value is -3.21. The van der Waals surface area contributed by atoms with E-state index in [9.17, 15) is 27.2 Å². The van der Waals surface area contributed by atoms with Gasteiger partial charge in [0.15, 0.2) is 5.82 Å². The third-order valence-electron chi connectivity index (χ3n) is 6.59. The van der Waals surface area contributed by atoms with Crippen LogP contribution in [0.3, 0.4) is 0 Å². The lowest BCUT2D eigenvalue weighted by molar-refractivity contribution is -0.140. The lowest BCUT2D eigenvalue weighted by atomic mass is 10.0. The summed E-state index contributed by atoms with van der Waals surface area (Å²) in [5.41, 5.74) is -2.86. The molecule has 3 aromatic rings. The molecule has 0 amide bonds. The first kappa shape index (κ1) is 21.6. The average Bonchev–Trinajstić information content (AvgIpc) is 3.30. The van der Waals surface area contributed by atoms with Crippen LogP contribution in [0, 0.1) is 11.7 Å². The third-order valence-corrected chi connectivity index (χ3v) is 6.59. The molecule has 2 fully saturated rings. The number of benzene rings is 1. The molecule has 1 aliphatic carbocycles. The normalized spacial score (nSPS) is 22.9. The van der Waals surface area contributed by atoms with Crippen LogP contribution >= 0.6 is 0 Å². The van der Waals surface area contributed by atoms with E-state index in [-0.39, 0.29) is 28.2 Å². The zero-order valence-electron chi connectivity index (χ0n) is 17.7. The Morgan fingerprint density at radius 2 is 2.03 bits per heavy atom. The molecule has 11 heteroatoms. The smallest absolute Gasteiger partial charge is 0.379 e. The van der Waals surface area contributed by atoms with Gasteiger partial charge in [0.05, 0.1) is 35.7 Å². The molecular formula is C22H20F4N4O3. The number of aryl methyl sites for hydroxylation is 1. The summed E-state index contributed by atoms with van der Waals surface area (Å²) in [5.74, 6) is -1.02. The van der Waals surface area contributed by atoms with E-state index in [1.54, 1.807) is 4.57 Å². The number of nitrogens with one attached hydrogen (secondary N) is 1. The molecule has 174 valence electrons. The summed E-state index contributed by atoms with van der Waals surface area (Å²) in [4.78, 5) is 25.4. The molecule has 0 spiro atoms. The van der Waals surface area contributed by atoms with Gasteiger partial charge in [-0.3, -0.25) is 9.59 Å². The molecule has 2 aromatic heterocycles. The Morgan fingerprint density at radius 3 is 2.67 bits per heavy atom. The quantitative estimate of drug-likeness (QED) is 0.601. The highest BCUT2D eigenvalue weighted by atomic mass is 19.4. The van der Waals surface area contributed by atoms with Gasteiger partial charge in [0.2, 0.25) is 0 Å². The van der Waals surface area contributed by atoms with Crippen molar-refractivity contribution in [2.45, 2.75) is 31.1 Å². The van der Waals surface area contributed by atoms with Crippen LogP contribution in [0.5, 0.6) is 0 Å². The molecular weight excluding hydrogens is 444 g/mol. The minimum atomic E-state index is -4.83. The summed E-state index contributed by atoms with van der Waals surface area (Å²) in [6, 6.07) is 3.39. The highest BCUT2D eigenvalue weighted by Gasteiger charge is 2.60. The van der Waals surface area contributed by atoms with Gasteiger partial charge in [-0.15, -0.1) is 0 Å². The summed E-state index contributed by atoms with van der Waals surface area (Å²) >= 11 is 0. The van der Waals surface area contributed by atoms with Crippen molar-refractivity contribution >= 4 is 16.6 Å². The van der Waals surface area contributed by atoms with Crippen LogP contribution in [-0.2, 0) is 23.5 Å². The van der Waals surface area contributed by atoms with E-state index in [1.807, 2.05) is 0 Å². The average molecular weight is 464 g/mol. The summed E-state index contributed by atoms with van der Waals surface area (Å²) in [6.07, 6.45) is -2.51. The number of nitrogens with zero attached hydrogens (tertiary/aromatic N) is 3. The molecule has 3 atom stereocenters. The van der Waals surface area contributed by atoms with E-state index in [0.717, 1.165) is 17.2 Å². The largest absolute Gasteiger partial charge is 0.419 e. The van der Waals surface area contributed by atoms with Gasteiger partial charge in [0.25, 0.3) is 11.1 Å². The Balaban J connectivity index is 1.61. The Labute approximate surface area is 184 Å². The van der Waals surface area contributed by atoms with Crippen molar-refractivity contribution in [3.63, 3.8) is 0 Å². The molecule has 33 heavy (non-hydrogen) atoms. The van der Waals surface area contributed by atoms with Crippen molar-refractivity contribution < 1.29 is 22.3 Å². The van der Waals surface area contributed by atoms with Crippen LogP contribution in [0.25, 0.3) is 10.8 Å². The van der Waals surface area contributed by atoms with Crippen molar-refractivity contribution in [3.8, 4) is 0 Å². The van der Waals surface area contributed by atoms with Gasteiger partial charge < -0.3 is 14.6 Å². The highest BCUT2D eigenvalue weighted by molar-refractivity contribution is 5.90. The molecule has 0 radical (unpaired) electrons. The number of anilines is 1. The first-order valence-electron chi connectivity index (χ1n) is 10.4. The first-order chi connectivity index (χ1) is 15.5.